The van der Waals surface area contributed by atoms with Gasteiger partial charge in [0, 0.05) is 30.0 Å². The molecule has 1 amide bonds. The second-order valence-electron chi connectivity index (χ2n) is 6.85. The van der Waals surface area contributed by atoms with Crippen LogP contribution in [-0.4, -0.2) is 31.2 Å². The van der Waals surface area contributed by atoms with E-state index in [2.05, 4.69) is 34.6 Å². The van der Waals surface area contributed by atoms with Gasteiger partial charge in [-0.15, -0.1) is 0 Å². The largest absolute Gasteiger partial charge is 0.497 e. The minimum atomic E-state index is -0.255. The van der Waals surface area contributed by atoms with Crippen molar-refractivity contribution in [3.8, 4) is 5.75 Å². The topological polar surface area (TPSA) is 53.6 Å². The van der Waals surface area contributed by atoms with E-state index in [1.165, 1.54) is 18.5 Å². The summed E-state index contributed by atoms with van der Waals surface area (Å²) in [5.74, 6) is 1.26. The molecule has 6 heteroatoms. The first kappa shape index (κ1) is 19.2. The number of thiocarbonyl (C=S) groups is 1. The lowest BCUT2D eigenvalue weighted by Crippen LogP contribution is -2.34. The van der Waals surface area contributed by atoms with Crippen LogP contribution in [0.4, 0.5) is 11.4 Å². The molecule has 3 rings (SSSR count). The fourth-order valence-corrected chi connectivity index (χ4v) is 3.31. The number of benzene rings is 2. The maximum Gasteiger partial charge on any atom is 0.257 e. The van der Waals surface area contributed by atoms with Crippen molar-refractivity contribution in [1.82, 2.24) is 5.32 Å². The van der Waals surface area contributed by atoms with Crippen LogP contribution < -0.4 is 20.3 Å². The number of nitrogens with zero attached hydrogens (tertiary/aromatic N) is 1. The average Bonchev–Trinajstić information content (AvgIpc) is 2.69. The monoisotopic (exact) mass is 383 g/mol. The Hall–Kier alpha value is -2.60. The normalized spacial score (nSPS) is 14.5. The molecular formula is C21H25N3O2S. The van der Waals surface area contributed by atoms with Crippen molar-refractivity contribution < 1.29 is 9.53 Å². The second-order valence-corrected chi connectivity index (χ2v) is 7.26. The van der Waals surface area contributed by atoms with Crippen LogP contribution >= 0.6 is 12.2 Å². The molecule has 1 fully saturated rings. The number of carbonyl (C=O) groups excluding carboxylic acids is 1. The van der Waals surface area contributed by atoms with Crippen LogP contribution in [-0.2, 0) is 0 Å². The second kappa shape index (κ2) is 8.86. The molecule has 5 nitrogen and oxygen atoms in total. The summed E-state index contributed by atoms with van der Waals surface area (Å²) in [4.78, 5) is 14.7. The Kier molecular flexibility index (Phi) is 6.29. The molecule has 1 saturated heterocycles. The number of hydrogen-bond acceptors (Lipinski definition) is 4. The SMILES string of the molecule is COc1ccc(C(=O)NC(=S)Nc2ccc(N3CCC(C)CC3)cc2)cc1. The van der Waals surface area contributed by atoms with E-state index in [4.69, 9.17) is 17.0 Å². The van der Waals surface area contributed by atoms with Crippen molar-refractivity contribution in [1.29, 1.82) is 0 Å². The van der Waals surface area contributed by atoms with Crippen molar-refractivity contribution in [2.24, 2.45) is 5.92 Å². The van der Waals surface area contributed by atoms with Crippen LogP contribution in [0.1, 0.15) is 30.1 Å². The Morgan fingerprint density at radius 1 is 1.07 bits per heavy atom. The molecule has 142 valence electrons. The predicted molar refractivity (Wildman–Crippen MR) is 114 cm³/mol. The van der Waals surface area contributed by atoms with Crippen LogP contribution in [0, 0.1) is 5.92 Å². The van der Waals surface area contributed by atoms with Crippen LogP contribution in [0.25, 0.3) is 0 Å². The van der Waals surface area contributed by atoms with Gasteiger partial charge in [-0.2, -0.15) is 0 Å². The number of nitrogens with one attached hydrogen (secondary N) is 2. The molecule has 27 heavy (non-hydrogen) atoms. The molecule has 1 heterocycles. The number of ether oxygens (including phenoxy) is 1. The van der Waals surface area contributed by atoms with Crippen molar-refractivity contribution in [3.05, 3.63) is 54.1 Å². The molecule has 0 saturated carbocycles. The van der Waals surface area contributed by atoms with Gasteiger partial charge in [-0.3, -0.25) is 10.1 Å². The smallest absolute Gasteiger partial charge is 0.257 e. The molecule has 2 N–H and O–H groups in total. The zero-order valence-electron chi connectivity index (χ0n) is 15.7. The van der Waals surface area contributed by atoms with E-state index in [1.54, 1.807) is 31.4 Å². The molecular weight excluding hydrogens is 358 g/mol. The number of amides is 1. The fourth-order valence-electron chi connectivity index (χ4n) is 3.10. The number of methoxy groups -OCH3 is 1. The summed E-state index contributed by atoms with van der Waals surface area (Å²) in [6, 6.07) is 15.0. The highest BCUT2D eigenvalue weighted by molar-refractivity contribution is 7.80. The third-order valence-corrected chi connectivity index (χ3v) is 5.06. The van der Waals surface area contributed by atoms with E-state index in [0.717, 1.165) is 24.7 Å². The number of piperidine rings is 1. The molecule has 0 bridgehead atoms. The summed E-state index contributed by atoms with van der Waals surface area (Å²) in [6.45, 7) is 4.51. The van der Waals surface area contributed by atoms with E-state index in [0.29, 0.717) is 11.3 Å². The Bertz CT molecular complexity index is 782. The van der Waals surface area contributed by atoms with Gasteiger partial charge < -0.3 is 15.0 Å². The summed E-state index contributed by atoms with van der Waals surface area (Å²) >= 11 is 5.25. The minimum Gasteiger partial charge on any atom is -0.497 e. The lowest BCUT2D eigenvalue weighted by atomic mass is 9.99. The van der Waals surface area contributed by atoms with Gasteiger partial charge in [-0.25, -0.2) is 0 Å². The highest BCUT2D eigenvalue weighted by Crippen LogP contribution is 2.24. The van der Waals surface area contributed by atoms with Gasteiger partial charge in [0.25, 0.3) is 5.91 Å². The lowest BCUT2D eigenvalue weighted by Gasteiger charge is -2.32. The molecule has 0 aliphatic carbocycles. The molecule has 0 unspecified atom stereocenters. The summed E-state index contributed by atoms with van der Waals surface area (Å²) in [6.07, 6.45) is 2.48. The summed E-state index contributed by atoms with van der Waals surface area (Å²) < 4.78 is 5.09. The van der Waals surface area contributed by atoms with E-state index in [1.807, 2.05) is 12.1 Å². The van der Waals surface area contributed by atoms with Gasteiger partial charge in [-0.1, -0.05) is 6.92 Å². The third-order valence-electron chi connectivity index (χ3n) is 4.85. The van der Waals surface area contributed by atoms with Crippen molar-refractivity contribution in [2.75, 3.05) is 30.4 Å². The van der Waals surface area contributed by atoms with E-state index in [9.17, 15) is 4.79 Å². The van der Waals surface area contributed by atoms with Crippen LogP contribution in [0.15, 0.2) is 48.5 Å². The van der Waals surface area contributed by atoms with Crippen molar-refractivity contribution in [2.45, 2.75) is 19.8 Å². The van der Waals surface area contributed by atoms with Gasteiger partial charge in [0.1, 0.15) is 5.75 Å². The van der Waals surface area contributed by atoms with E-state index < -0.39 is 0 Å². The van der Waals surface area contributed by atoms with E-state index in [-0.39, 0.29) is 11.0 Å². The highest BCUT2D eigenvalue weighted by atomic mass is 32.1. The van der Waals surface area contributed by atoms with E-state index >= 15 is 0 Å². The predicted octanol–water partition coefficient (Wildman–Crippen LogP) is 4.06. The molecule has 2 aromatic rings. The standard InChI is InChI=1S/C21H25N3O2S/c1-15-11-13-24(14-12-15)18-7-5-17(6-8-18)22-21(27)23-20(25)16-3-9-19(26-2)10-4-16/h3-10,15H,11-14H2,1-2H3,(H2,22,23,25,27). The summed E-state index contributed by atoms with van der Waals surface area (Å²) in [7, 11) is 1.59. The van der Waals surface area contributed by atoms with Crippen LogP contribution in [0.5, 0.6) is 5.75 Å². The van der Waals surface area contributed by atoms with Gasteiger partial charge in [0.15, 0.2) is 5.11 Å². The zero-order chi connectivity index (χ0) is 19.2. The molecule has 1 aliphatic heterocycles. The van der Waals surface area contributed by atoms with Crippen LogP contribution in [0.2, 0.25) is 0 Å². The maximum absolute atomic E-state index is 12.2. The number of anilines is 2. The Morgan fingerprint density at radius 3 is 2.30 bits per heavy atom. The van der Waals surface area contributed by atoms with Gasteiger partial charge in [-0.05, 0) is 79.5 Å². The Balaban J connectivity index is 1.53. The first-order chi connectivity index (χ1) is 13.0. The first-order valence-corrected chi connectivity index (χ1v) is 9.57. The molecule has 0 atom stereocenters. The van der Waals surface area contributed by atoms with Crippen LogP contribution in [0.3, 0.4) is 0 Å². The Labute approximate surface area is 165 Å². The number of rotatable bonds is 4. The molecule has 1 aliphatic rings. The quantitative estimate of drug-likeness (QED) is 0.780. The molecule has 0 aromatic heterocycles. The minimum absolute atomic E-state index is 0.255. The summed E-state index contributed by atoms with van der Waals surface area (Å²) in [5.41, 5.74) is 2.60. The highest BCUT2D eigenvalue weighted by Gasteiger charge is 2.16. The Morgan fingerprint density at radius 2 is 1.70 bits per heavy atom. The lowest BCUT2D eigenvalue weighted by molar-refractivity contribution is 0.0977. The molecule has 0 spiro atoms. The average molecular weight is 384 g/mol. The summed E-state index contributed by atoms with van der Waals surface area (Å²) in [5, 5.41) is 6.03. The fraction of sp³-hybridized carbons (Fsp3) is 0.333. The van der Waals surface area contributed by atoms with Crippen molar-refractivity contribution in [3.63, 3.8) is 0 Å². The third kappa shape index (κ3) is 5.20. The first-order valence-electron chi connectivity index (χ1n) is 9.16. The van der Waals surface area contributed by atoms with Gasteiger partial charge in [0.2, 0.25) is 0 Å². The van der Waals surface area contributed by atoms with Gasteiger partial charge in [0.05, 0.1) is 7.11 Å². The molecule has 2 aromatic carbocycles. The van der Waals surface area contributed by atoms with Gasteiger partial charge >= 0.3 is 0 Å². The number of carbonyl (C=O) groups is 1. The zero-order valence-corrected chi connectivity index (χ0v) is 16.5. The number of hydrogen-bond donors (Lipinski definition) is 2. The van der Waals surface area contributed by atoms with Crippen molar-refractivity contribution >= 4 is 34.6 Å². The molecule has 0 radical (unpaired) electrons. The maximum atomic E-state index is 12.2.